The molecule has 28 heavy (non-hydrogen) atoms. The third-order valence-corrected chi connectivity index (χ3v) is 4.05. The Balaban J connectivity index is 1.59. The summed E-state index contributed by atoms with van der Waals surface area (Å²) in [7, 11) is 0. The number of carbonyl (C=O) groups is 1. The van der Waals surface area contributed by atoms with Crippen LogP contribution in [-0.4, -0.2) is 35.8 Å². The van der Waals surface area contributed by atoms with Gasteiger partial charge in [-0.05, 0) is 37.3 Å². The summed E-state index contributed by atoms with van der Waals surface area (Å²) in [5, 5.41) is 2.80. The Morgan fingerprint density at radius 2 is 1.93 bits per heavy atom. The number of hydrogen-bond acceptors (Lipinski definition) is 7. The van der Waals surface area contributed by atoms with E-state index in [4.69, 9.17) is 0 Å². The Morgan fingerprint density at radius 1 is 1.04 bits per heavy atom. The van der Waals surface area contributed by atoms with Crippen LogP contribution >= 0.6 is 0 Å². The van der Waals surface area contributed by atoms with E-state index in [0.717, 1.165) is 0 Å². The highest BCUT2D eigenvalue weighted by atomic mass is 16.2. The molecule has 4 heterocycles. The summed E-state index contributed by atoms with van der Waals surface area (Å²) in [6.07, 6.45) is 4.61. The minimum absolute atomic E-state index is 0.252. The Labute approximate surface area is 159 Å². The predicted octanol–water partition coefficient (Wildman–Crippen LogP) is 1.66. The van der Waals surface area contributed by atoms with Gasteiger partial charge in [0.25, 0.3) is 11.5 Å². The Kier molecular flexibility index (Phi) is 4.55. The summed E-state index contributed by atoms with van der Waals surface area (Å²) in [4.78, 5) is 48.1. The van der Waals surface area contributed by atoms with Gasteiger partial charge in [-0.15, -0.1) is 0 Å². The van der Waals surface area contributed by atoms with Gasteiger partial charge in [0.15, 0.2) is 0 Å². The van der Waals surface area contributed by atoms with E-state index in [1.807, 2.05) is 0 Å². The largest absolute Gasteiger partial charge is 0.341 e. The SMILES string of the molecule is CC(NC(=O)c1ccc2ncccc2n1)c1nc(-c2ccncn2)cc(=O)[nH]1. The number of carbonyl (C=O) groups excluding carboxylic acids is 1. The standard InChI is InChI=1S/C19H15N7O2/c1-11(18-25-16(9-17(27)26-18)13-6-8-20-10-22-13)23-19(28)15-5-4-12-14(24-15)3-2-7-21-12/h2-11H,1H3,(H,23,28)(H,25,26,27). The van der Waals surface area contributed by atoms with Crippen LogP contribution in [0.25, 0.3) is 22.4 Å². The number of aromatic nitrogens is 6. The summed E-state index contributed by atoms with van der Waals surface area (Å²) in [5.41, 5.74) is 2.16. The second-order valence-electron chi connectivity index (χ2n) is 6.04. The van der Waals surface area contributed by atoms with Gasteiger partial charge in [0.05, 0.1) is 28.5 Å². The number of rotatable bonds is 4. The number of amides is 1. The van der Waals surface area contributed by atoms with Gasteiger partial charge in [-0.1, -0.05) is 0 Å². The third kappa shape index (κ3) is 3.58. The number of nitrogens with zero attached hydrogens (tertiary/aromatic N) is 5. The van der Waals surface area contributed by atoms with Crippen molar-refractivity contribution >= 4 is 16.9 Å². The van der Waals surface area contributed by atoms with Gasteiger partial charge in [0, 0.05) is 18.5 Å². The van der Waals surface area contributed by atoms with E-state index in [1.54, 1.807) is 49.6 Å². The van der Waals surface area contributed by atoms with Crippen molar-refractivity contribution in [2.45, 2.75) is 13.0 Å². The van der Waals surface area contributed by atoms with E-state index in [0.29, 0.717) is 28.2 Å². The monoisotopic (exact) mass is 373 g/mol. The van der Waals surface area contributed by atoms with Gasteiger partial charge in [-0.2, -0.15) is 0 Å². The van der Waals surface area contributed by atoms with Gasteiger partial charge in [0.2, 0.25) is 0 Å². The Bertz CT molecular complexity index is 1210. The van der Waals surface area contributed by atoms with E-state index in [-0.39, 0.29) is 17.2 Å². The quantitative estimate of drug-likeness (QED) is 0.557. The molecule has 2 N–H and O–H groups in total. The minimum Gasteiger partial charge on any atom is -0.341 e. The number of aromatic amines is 1. The topological polar surface area (TPSA) is 126 Å². The van der Waals surface area contributed by atoms with Crippen molar-refractivity contribution in [2.24, 2.45) is 0 Å². The van der Waals surface area contributed by atoms with Crippen molar-refractivity contribution in [2.75, 3.05) is 0 Å². The zero-order chi connectivity index (χ0) is 19.5. The summed E-state index contributed by atoms with van der Waals surface area (Å²) < 4.78 is 0. The number of nitrogens with one attached hydrogen (secondary N) is 2. The molecular formula is C19H15N7O2. The Hall–Kier alpha value is -4.01. The van der Waals surface area contributed by atoms with Crippen molar-refractivity contribution in [3.05, 3.63) is 77.0 Å². The van der Waals surface area contributed by atoms with Crippen molar-refractivity contribution in [1.82, 2.24) is 35.2 Å². The molecule has 9 nitrogen and oxygen atoms in total. The molecule has 0 aliphatic carbocycles. The first-order chi connectivity index (χ1) is 13.6. The van der Waals surface area contributed by atoms with Crippen LogP contribution in [0.15, 0.2) is 59.9 Å². The number of fused-ring (bicyclic) bond motifs is 1. The molecule has 0 spiro atoms. The molecule has 0 bridgehead atoms. The number of hydrogen-bond donors (Lipinski definition) is 2. The van der Waals surface area contributed by atoms with Crippen LogP contribution in [0.1, 0.15) is 29.3 Å². The summed E-state index contributed by atoms with van der Waals surface area (Å²) in [6, 6.07) is 9.33. The molecule has 0 radical (unpaired) electrons. The van der Waals surface area contributed by atoms with Gasteiger partial charge in [0.1, 0.15) is 17.8 Å². The van der Waals surface area contributed by atoms with Crippen LogP contribution in [0.2, 0.25) is 0 Å². The molecule has 4 aromatic heterocycles. The lowest BCUT2D eigenvalue weighted by Crippen LogP contribution is -2.30. The molecule has 4 aromatic rings. The van der Waals surface area contributed by atoms with Crippen molar-refractivity contribution in [1.29, 1.82) is 0 Å². The molecule has 0 saturated carbocycles. The molecule has 1 atom stereocenters. The fourth-order valence-corrected chi connectivity index (χ4v) is 2.68. The highest BCUT2D eigenvalue weighted by Gasteiger charge is 2.16. The van der Waals surface area contributed by atoms with Crippen LogP contribution < -0.4 is 10.9 Å². The second kappa shape index (κ2) is 7.31. The van der Waals surface area contributed by atoms with Crippen molar-refractivity contribution < 1.29 is 4.79 Å². The average molecular weight is 373 g/mol. The molecule has 0 aromatic carbocycles. The first kappa shape index (κ1) is 17.4. The van der Waals surface area contributed by atoms with E-state index in [1.165, 1.54) is 12.4 Å². The molecule has 1 amide bonds. The van der Waals surface area contributed by atoms with Gasteiger partial charge < -0.3 is 10.3 Å². The summed E-state index contributed by atoms with van der Waals surface area (Å²) in [5.74, 6) is -0.0646. The number of H-pyrrole nitrogens is 1. The van der Waals surface area contributed by atoms with Crippen LogP contribution in [-0.2, 0) is 0 Å². The fourth-order valence-electron chi connectivity index (χ4n) is 2.68. The lowest BCUT2D eigenvalue weighted by molar-refractivity contribution is 0.0933. The third-order valence-electron chi connectivity index (χ3n) is 4.05. The van der Waals surface area contributed by atoms with E-state index < -0.39 is 6.04 Å². The zero-order valence-electron chi connectivity index (χ0n) is 14.8. The van der Waals surface area contributed by atoms with Gasteiger partial charge in [-0.25, -0.2) is 19.9 Å². The first-order valence-electron chi connectivity index (χ1n) is 8.50. The predicted molar refractivity (Wildman–Crippen MR) is 101 cm³/mol. The molecule has 4 rings (SSSR count). The van der Waals surface area contributed by atoms with Crippen LogP contribution in [0, 0.1) is 0 Å². The Morgan fingerprint density at radius 3 is 2.75 bits per heavy atom. The minimum atomic E-state index is -0.548. The lowest BCUT2D eigenvalue weighted by Gasteiger charge is -2.14. The first-order valence-corrected chi connectivity index (χ1v) is 8.50. The highest BCUT2D eigenvalue weighted by molar-refractivity contribution is 5.94. The van der Waals surface area contributed by atoms with Crippen molar-refractivity contribution in [3.8, 4) is 11.4 Å². The van der Waals surface area contributed by atoms with E-state index >= 15 is 0 Å². The average Bonchev–Trinajstić information content (AvgIpc) is 2.73. The van der Waals surface area contributed by atoms with Crippen LogP contribution in [0.3, 0.4) is 0 Å². The molecule has 0 aliphatic rings. The molecular weight excluding hydrogens is 358 g/mol. The molecule has 0 fully saturated rings. The number of pyridine rings is 2. The zero-order valence-corrected chi connectivity index (χ0v) is 14.8. The molecule has 1 unspecified atom stereocenters. The summed E-state index contributed by atoms with van der Waals surface area (Å²) in [6.45, 7) is 1.72. The van der Waals surface area contributed by atoms with E-state index in [9.17, 15) is 9.59 Å². The highest BCUT2D eigenvalue weighted by Crippen LogP contribution is 2.14. The molecule has 9 heteroatoms. The molecule has 0 saturated heterocycles. The second-order valence-corrected chi connectivity index (χ2v) is 6.04. The molecule has 138 valence electrons. The summed E-state index contributed by atoms with van der Waals surface area (Å²) >= 11 is 0. The maximum Gasteiger partial charge on any atom is 0.270 e. The van der Waals surface area contributed by atoms with Crippen molar-refractivity contribution in [3.63, 3.8) is 0 Å². The maximum absolute atomic E-state index is 12.6. The van der Waals surface area contributed by atoms with E-state index in [2.05, 4.69) is 35.2 Å². The van der Waals surface area contributed by atoms with Gasteiger partial charge in [-0.3, -0.25) is 14.6 Å². The molecule has 0 aliphatic heterocycles. The fraction of sp³-hybridized carbons (Fsp3) is 0.105. The normalized spacial score (nSPS) is 11.9. The van der Waals surface area contributed by atoms with Crippen LogP contribution in [0.5, 0.6) is 0 Å². The maximum atomic E-state index is 12.6. The van der Waals surface area contributed by atoms with Crippen LogP contribution in [0.4, 0.5) is 0 Å². The lowest BCUT2D eigenvalue weighted by atomic mass is 10.2. The smallest absolute Gasteiger partial charge is 0.270 e. The van der Waals surface area contributed by atoms with Gasteiger partial charge >= 0.3 is 0 Å².